The molecule has 8 heteroatoms. The summed E-state index contributed by atoms with van der Waals surface area (Å²) in [5, 5.41) is 6.01. The van der Waals surface area contributed by atoms with E-state index >= 15 is 0 Å². The molecule has 0 spiro atoms. The number of benzene rings is 1. The molecule has 0 N–H and O–H groups in total. The summed E-state index contributed by atoms with van der Waals surface area (Å²) in [6.45, 7) is 4.35. The third-order valence-corrected chi connectivity index (χ3v) is 4.73. The minimum Gasteiger partial charge on any atom is -0.492 e. The number of likely N-dealkylation sites (N-methyl/N-ethyl adjacent to an activating group) is 1. The highest BCUT2D eigenvalue weighted by Crippen LogP contribution is 2.28. The zero-order chi connectivity index (χ0) is 20.5. The molecule has 148 valence electrons. The van der Waals surface area contributed by atoms with Crippen molar-refractivity contribution >= 4 is 11.7 Å². The summed E-state index contributed by atoms with van der Waals surface area (Å²) in [6.07, 6.45) is 4.90. The van der Waals surface area contributed by atoms with Gasteiger partial charge in [0.15, 0.2) is 17.4 Å². The molecule has 1 aromatic carbocycles. The maximum Gasteiger partial charge on any atom is 0.260 e. The van der Waals surface area contributed by atoms with Crippen LogP contribution in [0, 0.1) is 5.82 Å². The van der Waals surface area contributed by atoms with Crippen molar-refractivity contribution in [1.82, 2.24) is 14.9 Å². The lowest BCUT2D eigenvalue weighted by molar-refractivity contribution is 0.0864. The summed E-state index contributed by atoms with van der Waals surface area (Å²) in [5.74, 6) is 0.600. The number of carbonyl (C=O) groups excluding carboxylic acids is 1. The second-order valence-electron chi connectivity index (χ2n) is 6.62. The van der Waals surface area contributed by atoms with E-state index in [1.165, 1.54) is 19.4 Å². The van der Waals surface area contributed by atoms with Gasteiger partial charge in [-0.1, -0.05) is 6.58 Å². The van der Waals surface area contributed by atoms with Gasteiger partial charge in [0.2, 0.25) is 0 Å². The van der Waals surface area contributed by atoms with E-state index in [0.717, 1.165) is 11.3 Å². The molecule has 1 aromatic heterocycles. The van der Waals surface area contributed by atoms with Crippen LogP contribution >= 0.6 is 0 Å². The molecule has 4 rings (SSSR count). The van der Waals surface area contributed by atoms with E-state index in [2.05, 4.69) is 16.7 Å². The Labute approximate surface area is 167 Å². The lowest BCUT2D eigenvalue weighted by Crippen LogP contribution is -2.33. The van der Waals surface area contributed by atoms with Crippen molar-refractivity contribution in [3.63, 3.8) is 0 Å². The van der Waals surface area contributed by atoms with Gasteiger partial charge < -0.3 is 9.47 Å². The normalized spacial score (nSPS) is 15.5. The molecule has 0 fully saturated rings. The van der Waals surface area contributed by atoms with Gasteiger partial charge in [-0.15, -0.1) is 0 Å². The Hall–Kier alpha value is -3.68. The number of amidine groups is 1. The summed E-state index contributed by atoms with van der Waals surface area (Å²) in [7, 11) is 3.16. The first-order valence-electron chi connectivity index (χ1n) is 8.91. The first-order chi connectivity index (χ1) is 14.0. The van der Waals surface area contributed by atoms with Crippen LogP contribution < -0.4 is 9.47 Å². The van der Waals surface area contributed by atoms with Gasteiger partial charge in [0.25, 0.3) is 5.91 Å². The highest BCUT2D eigenvalue weighted by molar-refractivity contribution is 6.13. The predicted octanol–water partition coefficient (Wildman–Crippen LogP) is 3.09. The Morgan fingerprint density at radius 3 is 2.83 bits per heavy atom. The highest BCUT2D eigenvalue weighted by Gasteiger charge is 2.31. The second-order valence-corrected chi connectivity index (χ2v) is 6.62. The molecular weight excluding hydrogens is 375 g/mol. The average molecular weight is 394 g/mol. The quantitative estimate of drug-likeness (QED) is 0.797. The molecule has 2 aliphatic heterocycles. The predicted molar refractivity (Wildman–Crippen MR) is 105 cm³/mol. The summed E-state index contributed by atoms with van der Waals surface area (Å²) < 4.78 is 24.4. The van der Waals surface area contributed by atoms with Gasteiger partial charge >= 0.3 is 0 Å². The van der Waals surface area contributed by atoms with Crippen LogP contribution in [-0.2, 0) is 13.2 Å². The summed E-state index contributed by atoms with van der Waals surface area (Å²) in [4.78, 5) is 18.5. The van der Waals surface area contributed by atoms with E-state index in [9.17, 15) is 9.18 Å². The van der Waals surface area contributed by atoms with Crippen LogP contribution in [0.15, 0.2) is 60.0 Å². The van der Waals surface area contributed by atoms with Crippen LogP contribution in [0.25, 0.3) is 0 Å². The van der Waals surface area contributed by atoms with Crippen LogP contribution in [0.2, 0.25) is 0 Å². The van der Waals surface area contributed by atoms with Gasteiger partial charge in [-0.25, -0.2) is 4.39 Å². The van der Waals surface area contributed by atoms with Gasteiger partial charge in [-0.2, -0.15) is 5.10 Å². The van der Waals surface area contributed by atoms with Crippen LogP contribution in [0.1, 0.15) is 21.6 Å². The van der Waals surface area contributed by atoms with Gasteiger partial charge in [0.1, 0.15) is 12.4 Å². The molecule has 0 bridgehead atoms. The molecule has 0 atom stereocenters. The third-order valence-electron chi connectivity index (χ3n) is 4.73. The van der Waals surface area contributed by atoms with Crippen molar-refractivity contribution in [1.29, 1.82) is 0 Å². The number of hydrazone groups is 1. The van der Waals surface area contributed by atoms with E-state index in [4.69, 9.17) is 9.47 Å². The number of hydrogen-bond acceptors (Lipinski definition) is 6. The van der Waals surface area contributed by atoms with Gasteiger partial charge in [-0.05, 0) is 35.9 Å². The molecule has 1 amide bonds. The van der Waals surface area contributed by atoms with Crippen molar-refractivity contribution in [3.8, 4) is 11.5 Å². The zero-order valence-corrected chi connectivity index (χ0v) is 16.1. The number of pyridine rings is 1. The number of ether oxygens (including phenoxy) is 2. The number of methoxy groups -OCH3 is 1. The minimum atomic E-state index is -0.495. The number of fused-ring (bicyclic) bond motifs is 1. The molecule has 29 heavy (non-hydrogen) atoms. The van der Waals surface area contributed by atoms with Crippen molar-refractivity contribution in [2.75, 3.05) is 14.2 Å². The molecule has 0 unspecified atom stereocenters. The molecule has 3 heterocycles. The minimum absolute atomic E-state index is 0.0822. The smallest absolute Gasteiger partial charge is 0.260 e. The molecule has 7 nitrogen and oxygen atoms in total. The Bertz CT molecular complexity index is 1060. The largest absolute Gasteiger partial charge is 0.492 e. The van der Waals surface area contributed by atoms with E-state index in [0.29, 0.717) is 29.4 Å². The number of halogens is 1. The van der Waals surface area contributed by atoms with Crippen LogP contribution in [0.5, 0.6) is 11.5 Å². The molecule has 0 radical (unpaired) electrons. The fourth-order valence-corrected chi connectivity index (χ4v) is 3.09. The van der Waals surface area contributed by atoms with Crippen molar-refractivity contribution in [2.45, 2.75) is 13.2 Å². The fourth-order valence-electron chi connectivity index (χ4n) is 3.09. The first-order valence-corrected chi connectivity index (χ1v) is 8.91. The molecule has 2 aliphatic rings. The number of carbonyl (C=O) groups is 1. The van der Waals surface area contributed by atoms with Crippen LogP contribution in [-0.4, -0.2) is 40.8 Å². The molecular formula is C21H19FN4O3. The average Bonchev–Trinajstić information content (AvgIpc) is 3.04. The monoisotopic (exact) mass is 394 g/mol. The number of rotatable bonds is 4. The first kappa shape index (κ1) is 18.7. The van der Waals surface area contributed by atoms with E-state index in [1.807, 2.05) is 12.1 Å². The van der Waals surface area contributed by atoms with Crippen molar-refractivity contribution in [3.05, 3.63) is 77.5 Å². The zero-order valence-electron chi connectivity index (χ0n) is 16.1. The maximum atomic E-state index is 13.8. The SMILES string of the molecule is C=C1C=CC(N2Cc3cc(OCc4cc(F)c(OC)cn4)ccc3C2=O)=NN1C. The lowest BCUT2D eigenvalue weighted by Gasteiger charge is -2.23. The number of nitrogens with zero attached hydrogens (tertiary/aromatic N) is 4. The van der Waals surface area contributed by atoms with E-state index in [-0.39, 0.29) is 18.3 Å². The summed E-state index contributed by atoms with van der Waals surface area (Å²) >= 11 is 0. The molecule has 0 aliphatic carbocycles. The van der Waals surface area contributed by atoms with Crippen molar-refractivity contribution < 1.29 is 18.7 Å². The highest BCUT2D eigenvalue weighted by atomic mass is 19.1. The van der Waals surface area contributed by atoms with E-state index < -0.39 is 5.82 Å². The maximum absolute atomic E-state index is 13.8. The molecule has 0 saturated heterocycles. The molecule has 2 aromatic rings. The van der Waals surface area contributed by atoms with E-state index in [1.54, 1.807) is 35.2 Å². The van der Waals surface area contributed by atoms with Crippen LogP contribution in [0.4, 0.5) is 4.39 Å². The van der Waals surface area contributed by atoms with Gasteiger partial charge in [0, 0.05) is 18.7 Å². The van der Waals surface area contributed by atoms with Crippen molar-refractivity contribution in [2.24, 2.45) is 5.10 Å². The van der Waals surface area contributed by atoms with Crippen LogP contribution in [0.3, 0.4) is 0 Å². The Morgan fingerprint density at radius 2 is 2.10 bits per heavy atom. The fraction of sp³-hybridized carbons (Fsp3) is 0.190. The second kappa shape index (κ2) is 7.38. The Morgan fingerprint density at radius 1 is 1.28 bits per heavy atom. The number of hydrogen-bond donors (Lipinski definition) is 0. The lowest BCUT2D eigenvalue weighted by atomic mass is 10.1. The number of amides is 1. The topological polar surface area (TPSA) is 67.3 Å². The molecule has 0 saturated carbocycles. The Balaban J connectivity index is 1.48. The third kappa shape index (κ3) is 3.56. The Kier molecular flexibility index (Phi) is 4.75. The summed E-state index contributed by atoms with van der Waals surface area (Å²) in [5.41, 5.74) is 2.63. The van der Waals surface area contributed by atoms with Gasteiger partial charge in [0.05, 0.1) is 31.2 Å². The number of aromatic nitrogens is 1. The number of allylic oxidation sites excluding steroid dienone is 1. The standard InChI is InChI=1S/C21H19FN4O3/c1-13-4-7-20(24-25(13)2)26-11-14-8-16(5-6-17(14)21(26)27)29-12-15-9-18(22)19(28-3)10-23-15/h4-10H,1,11-12H2,2-3H3. The van der Waals surface area contributed by atoms with Gasteiger partial charge in [-0.3, -0.25) is 19.7 Å². The summed E-state index contributed by atoms with van der Waals surface area (Å²) in [6, 6.07) is 6.52.